The average molecular weight is 420 g/mol. The van der Waals surface area contributed by atoms with Crippen LogP contribution in [0, 0.1) is 0 Å². The van der Waals surface area contributed by atoms with Crippen molar-refractivity contribution in [1.82, 2.24) is 20.9 Å². The number of nitrogens with zero attached hydrogens (tertiary/aromatic N) is 3. The van der Waals surface area contributed by atoms with E-state index in [0.29, 0.717) is 0 Å². The van der Waals surface area contributed by atoms with E-state index in [1.807, 2.05) is 32.3 Å². The molecule has 0 spiro atoms. The topological polar surface area (TPSA) is 81.0 Å². The van der Waals surface area contributed by atoms with Crippen molar-refractivity contribution in [3.05, 3.63) is 66.0 Å². The van der Waals surface area contributed by atoms with E-state index in [2.05, 4.69) is 67.1 Å². The first-order valence-electron chi connectivity index (χ1n) is 10.9. The van der Waals surface area contributed by atoms with Gasteiger partial charge in [-0.25, -0.2) is 4.99 Å². The van der Waals surface area contributed by atoms with E-state index in [4.69, 9.17) is 5.73 Å². The highest BCUT2D eigenvalue weighted by atomic mass is 15.3. The maximum absolute atomic E-state index is 6.69. The number of anilines is 1. The minimum atomic E-state index is -0.995. The Bertz CT molecular complexity index is 946. The number of nitrogens with one attached hydrogen (secondary N) is 3. The van der Waals surface area contributed by atoms with Gasteiger partial charge >= 0.3 is 0 Å². The number of aliphatic imine (C=N–C) groups is 1. The quantitative estimate of drug-likeness (QED) is 0.489. The Morgan fingerprint density at radius 2 is 1.97 bits per heavy atom. The largest absolute Gasteiger partial charge is 0.378 e. The van der Waals surface area contributed by atoms with E-state index in [0.717, 1.165) is 61.8 Å². The molecule has 2 aromatic rings. The summed E-state index contributed by atoms with van der Waals surface area (Å²) in [7, 11) is 4.10. The first-order chi connectivity index (χ1) is 15.0. The fraction of sp³-hybridized carbons (Fsp3) is 0.375. The monoisotopic (exact) mass is 419 g/mol. The molecule has 1 atom stereocenters. The van der Waals surface area contributed by atoms with Crippen molar-refractivity contribution in [2.75, 3.05) is 51.8 Å². The van der Waals surface area contributed by atoms with Gasteiger partial charge in [0.25, 0.3) is 0 Å². The number of nitrogens with two attached hydrogens (primary N) is 1. The third-order valence-corrected chi connectivity index (χ3v) is 5.75. The first-order valence-corrected chi connectivity index (χ1v) is 10.9. The molecule has 0 aliphatic carbocycles. The molecule has 1 unspecified atom stereocenters. The van der Waals surface area contributed by atoms with Gasteiger partial charge in [-0.1, -0.05) is 30.3 Å². The number of hydrogen-bond acceptors (Lipinski definition) is 7. The summed E-state index contributed by atoms with van der Waals surface area (Å²) in [6.45, 7) is 5.19. The molecule has 0 amide bonds. The van der Waals surface area contributed by atoms with Gasteiger partial charge in [-0.2, -0.15) is 0 Å². The zero-order valence-corrected chi connectivity index (χ0v) is 18.4. The molecule has 0 aromatic heterocycles. The third kappa shape index (κ3) is 5.25. The van der Waals surface area contributed by atoms with Crippen LogP contribution in [-0.2, 0) is 5.79 Å². The smallest absolute Gasteiger partial charge is 0.210 e. The van der Waals surface area contributed by atoms with Crippen molar-refractivity contribution in [1.29, 1.82) is 0 Å². The molecule has 0 saturated carbocycles. The summed E-state index contributed by atoms with van der Waals surface area (Å²) >= 11 is 0. The van der Waals surface area contributed by atoms with Crippen LogP contribution in [-0.4, -0.2) is 58.1 Å². The standard InChI is InChI=1S/C24H33N7/c1-30(2)22-9-4-7-20(17-22)19-6-3-8-21(16-19)24(25)28-12-10-23(29-24)27-11-5-14-31-15-13-26-18-31/h3-4,6-10,12,16-17,26-27,29H,5,11,13-15,18,25H2,1-2H3. The van der Waals surface area contributed by atoms with Crippen LogP contribution in [0.2, 0.25) is 0 Å². The van der Waals surface area contributed by atoms with Gasteiger partial charge in [-0.3, -0.25) is 10.6 Å². The summed E-state index contributed by atoms with van der Waals surface area (Å²) in [6.07, 6.45) is 4.79. The van der Waals surface area contributed by atoms with E-state index in [1.165, 1.54) is 5.69 Å². The Labute approximate surface area is 185 Å². The van der Waals surface area contributed by atoms with Crippen LogP contribution in [0.4, 0.5) is 5.69 Å². The van der Waals surface area contributed by atoms with Crippen molar-refractivity contribution in [3.63, 3.8) is 0 Å². The van der Waals surface area contributed by atoms with E-state index in [1.54, 1.807) is 6.21 Å². The summed E-state index contributed by atoms with van der Waals surface area (Å²) < 4.78 is 0. The molecule has 164 valence electrons. The van der Waals surface area contributed by atoms with Crippen LogP contribution in [0.25, 0.3) is 11.1 Å². The maximum Gasteiger partial charge on any atom is 0.210 e. The van der Waals surface area contributed by atoms with Crippen LogP contribution in [0.5, 0.6) is 0 Å². The lowest BCUT2D eigenvalue weighted by Gasteiger charge is -2.32. The van der Waals surface area contributed by atoms with Crippen molar-refractivity contribution in [2.24, 2.45) is 10.7 Å². The molecule has 1 fully saturated rings. The minimum absolute atomic E-state index is 0.886. The summed E-state index contributed by atoms with van der Waals surface area (Å²) in [6, 6.07) is 16.8. The summed E-state index contributed by atoms with van der Waals surface area (Å²) in [5, 5.41) is 10.2. The lowest BCUT2D eigenvalue weighted by molar-refractivity contribution is 0.325. The number of benzene rings is 2. The van der Waals surface area contributed by atoms with Gasteiger partial charge in [-0.15, -0.1) is 0 Å². The van der Waals surface area contributed by atoms with Gasteiger partial charge in [0.1, 0.15) is 5.82 Å². The van der Waals surface area contributed by atoms with Crippen LogP contribution < -0.4 is 26.6 Å². The second kappa shape index (κ2) is 9.51. The zero-order chi connectivity index (χ0) is 21.7. The molecule has 2 aliphatic rings. The molecule has 4 rings (SSSR count). The predicted octanol–water partition coefficient (Wildman–Crippen LogP) is 1.85. The Kier molecular flexibility index (Phi) is 6.56. The molecule has 7 nitrogen and oxygen atoms in total. The van der Waals surface area contributed by atoms with Crippen molar-refractivity contribution in [3.8, 4) is 11.1 Å². The Morgan fingerprint density at radius 3 is 2.74 bits per heavy atom. The van der Waals surface area contributed by atoms with Crippen molar-refractivity contribution < 1.29 is 0 Å². The number of rotatable bonds is 8. The van der Waals surface area contributed by atoms with Crippen molar-refractivity contribution >= 4 is 11.9 Å². The lowest BCUT2D eigenvalue weighted by atomic mass is 9.99. The molecule has 31 heavy (non-hydrogen) atoms. The Morgan fingerprint density at radius 1 is 1.16 bits per heavy atom. The van der Waals surface area contributed by atoms with Crippen LogP contribution in [0.3, 0.4) is 0 Å². The summed E-state index contributed by atoms with van der Waals surface area (Å²) in [5.74, 6) is -0.0949. The van der Waals surface area contributed by atoms with Gasteiger partial charge in [0.05, 0.1) is 0 Å². The second-order valence-electron chi connectivity index (χ2n) is 8.33. The van der Waals surface area contributed by atoms with E-state index in [-0.39, 0.29) is 0 Å². The van der Waals surface area contributed by atoms with E-state index < -0.39 is 5.79 Å². The average Bonchev–Trinajstić information content (AvgIpc) is 3.31. The Balaban J connectivity index is 1.42. The molecule has 0 bridgehead atoms. The van der Waals surface area contributed by atoms with Gasteiger partial charge in [0.2, 0.25) is 5.79 Å². The molecular weight excluding hydrogens is 386 g/mol. The van der Waals surface area contributed by atoms with Crippen LogP contribution >= 0.6 is 0 Å². The van der Waals surface area contributed by atoms with Crippen LogP contribution in [0.1, 0.15) is 12.0 Å². The fourth-order valence-corrected chi connectivity index (χ4v) is 3.93. The van der Waals surface area contributed by atoms with Gasteiger partial charge < -0.3 is 20.9 Å². The molecule has 7 heteroatoms. The maximum atomic E-state index is 6.69. The van der Waals surface area contributed by atoms with E-state index >= 15 is 0 Å². The summed E-state index contributed by atoms with van der Waals surface area (Å²) in [5.41, 5.74) is 11.0. The predicted molar refractivity (Wildman–Crippen MR) is 129 cm³/mol. The molecule has 1 saturated heterocycles. The van der Waals surface area contributed by atoms with Crippen LogP contribution in [0.15, 0.2) is 65.4 Å². The Hall–Kier alpha value is -2.87. The molecule has 0 radical (unpaired) electrons. The van der Waals surface area contributed by atoms with Gasteiger partial charge in [-0.05, 0) is 41.8 Å². The zero-order valence-electron chi connectivity index (χ0n) is 18.4. The normalized spacial score (nSPS) is 20.9. The second-order valence-corrected chi connectivity index (χ2v) is 8.33. The SMILES string of the molecule is CN(C)c1cccc(-c2cccc(C3(N)N=CC=C(NCCCN4CCNC4)N3)c2)c1. The fourth-order valence-electron chi connectivity index (χ4n) is 3.93. The third-order valence-electron chi connectivity index (χ3n) is 5.75. The minimum Gasteiger partial charge on any atom is -0.378 e. The highest BCUT2D eigenvalue weighted by Gasteiger charge is 2.28. The molecule has 2 heterocycles. The van der Waals surface area contributed by atoms with Crippen molar-refractivity contribution in [2.45, 2.75) is 12.2 Å². The number of hydrogen-bond donors (Lipinski definition) is 4. The lowest BCUT2D eigenvalue weighted by Crippen LogP contribution is -2.52. The van der Waals surface area contributed by atoms with Gasteiger partial charge in [0, 0.05) is 64.4 Å². The molecule has 5 N–H and O–H groups in total. The van der Waals surface area contributed by atoms with Gasteiger partial charge in [0.15, 0.2) is 0 Å². The first kappa shape index (κ1) is 21.4. The highest BCUT2D eigenvalue weighted by molar-refractivity contribution is 5.74. The summed E-state index contributed by atoms with van der Waals surface area (Å²) in [4.78, 5) is 9.09. The molecule has 2 aliphatic heterocycles. The highest BCUT2D eigenvalue weighted by Crippen LogP contribution is 2.28. The van der Waals surface area contributed by atoms with E-state index in [9.17, 15) is 0 Å². The molecular formula is C24H33N7. The number of allylic oxidation sites excluding steroid dienone is 1. The molecule has 2 aromatic carbocycles.